The summed E-state index contributed by atoms with van der Waals surface area (Å²) in [6.45, 7) is 12.3. The largest absolute Gasteiger partial charge is 0.444 e. The number of hydrogen-bond acceptors (Lipinski definition) is 3. The van der Waals surface area contributed by atoms with Gasteiger partial charge in [-0.05, 0) is 49.4 Å². The summed E-state index contributed by atoms with van der Waals surface area (Å²) in [5, 5.41) is 3.11. The Balaban J connectivity index is 2.74. The second-order valence-electron chi connectivity index (χ2n) is 4.00. The van der Waals surface area contributed by atoms with Crippen LogP contribution in [0.15, 0.2) is 6.07 Å². The van der Waals surface area contributed by atoms with Crippen molar-refractivity contribution in [3.8, 4) is 0 Å². The first kappa shape index (κ1) is 13.3. The molecule has 16 heavy (non-hydrogen) atoms. The van der Waals surface area contributed by atoms with E-state index in [9.17, 15) is 4.79 Å². The normalized spacial score (nSPS) is 10.7. The van der Waals surface area contributed by atoms with E-state index in [1.165, 1.54) is 11.3 Å². The molecule has 0 saturated heterocycles. The highest BCUT2D eigenvalue weighted by atomic mass is 127. The van der Waals surface area contributed by atoms with Crippen molar-refractivity contribution in [1.29, 1.82) is 0 Å². The minimum absolute atomic E-state index is 0.445. The van der Waals surface area contributed by atoms with Gasteiger partial charge in [-0.1, -0.05) is 0 Å². The summed E-state index contributed by atoms with van der Waals surface area (Å²) in [6.07, 6.45) is -0.532. The van der Waals surface area contributed by atoms with Gasteiger partial charge < -0.3 is 4.74 Å². The standard InChI is InChI=1S/C10H11IN2O2S/c1-10(2,3)15-9(14)13-8-6(12-4)5-7(11)16-8/h5H,1-3H3,(H,13,14). The molecule has 0 aliphatic heterocycles. The molecule has 1 heterocycles. The van der Waals surface area contributed by atoms with Gasteiger partial charge in [-0.2, -0.15) is 0 Å². The zero-order valence-electron chi connectivity index (χ0n) is 9.13. The predicted molar refractivity (Wildman–Crippen MR) is 73.2 cm³/mol. The topological polar surface area (TPSA) is 42.7 Å². The van der Waals surface area contributed by atoms with E-state index >= 15 is 0 Å². The molecule has 0 spiro atoms. The summed E-state index contributed by atoms with van der Waals surface area (Å²) in [5.41, 5.74) is -0.0903. The molecule has 86 valence electrons. The third-order valence-electron chi connectivity index (χ3n) is 1.42. The molecular formula is C10H11IN2O2S. The Morgan fingerprint density at radius 1 is 1.62 bits per heavy atom. The number of thiophene rings is 1. The van der Waals surface area contributed by atoms with Crippen LogP contribution in [0.4, 0.5) is 15.5 Å². The van der Waals surface area contributed by atoms with Gasteiger partial charge in [0.1, 0.15) is 10.6 Å². The van der Waals surface area contributed by atoms with Crippen LogP contribution in [0.25, 0.3) is 4.85 Å². The fourth-order valence-corrected chi connectivity index (χ4v) is 2.59. The number of halogens is 1. The number of anilines is 1. The van der Waals surface area contributed by atoms with Crippen molar-refractivity contribution in [2.24, 2.45) is 0 Å². The van der Waals surface area contributed by atoms with Gasteiger partial charge in [0.2, 0.25) is 5.69 Å². The third kappa shape index (κ3) is 3.98. The quantitative estimate of drug-likeness (QED) is 0.608. The summed E-state index contributed by atoms with van der Waals surface area (Å²) in [7, 11) is 0. The Kier molecular flexibility index (Phi) is 4.15. The monoisotopic (exact) mass is 350 g/mol. The number of nitrogens with zero attached hydrogens (tertiary/aromatic N) is 1. The second kappa shape index (κ2) is 5.01. The number of carbonyl (C=O) groups excluding carboxylic acids is 1. The van der Waals surface area contributed by atoms with Crippen molar-refractivity contribution in [3.05, 3.63) is 20.4 Å². The number of carbonyl (C=O) groups is 1. The molecule has 0 bridgehead atoms. The highest BCUT2D eigenvalue weighted by Crippen LogP contribution is 2.36. The van der Waals surface area contributed by atoms with E-state index in [1.54, 1.807) is 26.8 Å². The highest BCUT2D eigenvalue weighted by molar-refractivity contribution is 14.1. The molecule has 0 radical (unpaired) electrons. The lowest BCUT2D eigenvalue weighted by atomic mass is 10.2. The van der Waals surface area contributed by atoms with Gasteiger partial charge in [-0.25, -0.2) is 9.64 Å². The lowest BCUT2D eigenvalue weighted by molar-refractivity contribution is 0.0636. The van der Waals surface area contributed by atoms with E-state index < -0.39 is 11.7 Å². The van der Waals surface area contributed by atoms with Gasteiger partial charge in [-0.15, -0.1) is 11.3 Å². The van der Waals surface area contributed by atoms with Crippen LogP contribution in [-0.4, -0.2) is 11.7 Å². The maximum atomic E-state index is 11.5. The fraction of sp³-hybridized carbons (Fsp3) is 0.400. The summed E-state index contributed by atoms with van der Waals surface area (Å²) in [4.78, 5) is 14.8. The lowest BCUT2D eigenvalue weighted by Crippen LogP contribution is -2.26. The Bertz CT molecular complexity index is 443. The van der Waals surface area contributed by atoms with Gasteiger partial charge in [0.05, 0.1) is 9.46 Å². The number of hydrogen-bond donors (Lipinski definition) is 1. The van der Waals surface area contributed by atoms with E-state index in [4.69, 9.17) is 11.3 Å². The molecule has 0 aliphatic carbocycles. The fourth-order valence-electron chi connectivity index (χ4n) is 0.921. The van der Waals surface area contributed by atoms with E-state index in [1.807, 2.05) is 0 Å². The highest BCUT2D eigenvalue weighted by Gasteiger charge is 2.18. The average Bonchev–Trinajstić information content (AvgIpc) is 2.42. The van der Waals surface area contributed by atoms with Crippen molar-refractivity contribution in [2.45, 2.75) is 26.4 Å². The van der Waals surface area contributed by atoms with E-state index in [0.717, 1.165) is 2.88 Å². The second-order valence-corrected chi connectivity index (χ2v) is 6.95. The number of amides is 1. The zero-order valence-corrected chi connectivity index (χ0v) is 12.1. The molecule has 0 fully saturated rings. The molecule has 0 aromatic carbocycles. The van der Waals surface area contributed by atoms with Crippen LogP contribution in [0.1, 0.15) is 20.8 Å². The molecule has 1 aromatic heterocycles. The summed E-state index contributed by atoms with van der Waals surface area (Å²) in [6, 6.07) is 1.73. The third-order valence-corrected chi connectivity index (χ3v) is 3.22. The first-order valence-corrected chi connectivity index (χ1v) is 6.38. The molecule has 1 amide bonds. The van der Waals surface area contributed by atoms with Crippen LogP contribution in [0.5, 0.6) is 0 Å². The van der Waals surface area contributed by atoms with E-state index in [-0.39, 0.29) is 0 Å². The predicted octanol–water partition coefficient (Wildman–Crippen LogP) is 4.25. The van der Waals surface area contributed by atoms with Crippen LogP contribution >= 0.6 is 33.9 Å². The Hall–Kier alpha value is -0.810. The minimum Gasteiger partial charge on any atom is -0.444 e. The maximum absolute atomic E-state index is 11.5. The minimum atomic E-state index is -0.535. The van der Waals surface area contributed by atoms with Crippen molar-refractivity contribution in [3.63, 3.8) is 0 Å². The van der Waals surface area contributed by atoms with Gasteiger partial charge in [0.25, 0.3) is 0 Å². The van der Waals surface area contributed by atoms with Crippen LogP contribution in [0.2, 0.25) is 0 Å². The molecule has 6 heteroatoms. The first-order chi connectivity index (χ1) is 7.31. The van der Waals surface area contributed by atoms with Crippen molar-refractivity contribution in [2.75, 3.05) is 5.32 Å². The Labute approximate surface area is 112 Å². The van der Waals surface area contributed by atoms with Gasteiger partial charge in [-0.3, -0.25) is 5.32 Å². The summed E-state index contributed by atoms with van der Waals surface area (Å²) < 4.78 is 6.06. The zero-order chi connectivity index (χ0) is 12.3. The molecule has 0 saturated carbocycles. The Morgan fingerprint density at radius 3 is 2.75 bits per heavy atom. The smallest absolute Gasteiger partial charge is 0.411 e. The van der Waals surface area contributed by atoms with E-state index in [0.29, 0.717) is 10.7 Å². The van der Waals surface area contributed by atoms with Gasteiger partial charge in [0.15, 0.2) is 0 Å². The lowest BCUT2D eigenvalue weighted by Gasteiger charge is -2.19. The molecule has 1 rings (SSSR count). The summed E-state index contributed by atoms with van der Waals surface area (Å²) in [5.74, 6) is 0. The first-order valence-electron chi connectivity index (χ1n) is 4.48. The van der Waals surface area contributed by atoms with Gasteiger partial charge >= 0.3 is 6.09 Å². The van der Waals surface area contributed by atoms with Crippen LogP contribution in [0, 0.1) is 9.46 Å². The number of ether oxygens (including phenoxy) is 1. The molecule has 0 unspecified atom stereocenters. The Morgan fingerprint density at radius 2 is 2.25 bits per heavy atom. The van der Waals surface area contributed by atoms with Crippen molar-refractivity contribution < 1.29 is 9.53 Å². The average molecular weight is 350 g/mol. The van der Waals surface area contributed by atoms with Gasteiger partial charge in [0, 0.05) is 0 Å². The molecule has 1 N–H and O–H groups in total. The van der Waals surface area contributed by atoms with Crippen molar-refractivity contribution in [1.82, 2.24) is 0 Å². The number of nitrogens with one attached hydrogen (secondary N) is 1. The summed E-state index contributed by atoms with van der Waals surface area (Å²) >= 11 is 3.46. The maximum Gasteiger partial charge on any atom is 0.411 e. The molecular weight excluding hydrogens is 339 g/mol. The molecule has 0 atom stereocenters. The number of rotatable bonds is 1. The van der Waals surface area contributed by atoms with Crippen molar-refractivity contribution >= 4 is 50.7 Å². The van der Waals surface area contributed by atoms with Crippen LogP contribution < -0.4 is 5.32 Å². The molecule has 0 aliphatic rings. The molecule has 4 nitrogen and oxygen atoms in total. The molecule has 1 aromatic rings. The van der Waals surface area contributed by atoms with Crippen LogP contribution in [0.3, 0.4) is 0 Å². The van der Waals surface area contributed by atoms with Crippen LogP contribution in [-0.2, 0) is 4.74 Å². The van der Waals surface area contributed by atoms with E-state index in [2.05, 4.69) is 32.8 Å². The SMILES string of the molecule is [C-]#[N+]c1cc(I)sc1NC(=O)OC(C)(C)C.